The van der Waals surface area contributed by atoms with Crippen LogP contribution < -0.4 is 0 Å². The van der Waals surface area contributed by atoms with E-state index in [1.165, 1.54) is 0 Å². The first kappa shape index (κ1) is 11.2. The van der Waals surface area contributed by atoms with Gasteiger partial charge in [0.15, 0.2) is 5.78 Å². The first-order valence-electron chi connectivity index (χ1n) is 5.50. The van der Waals surface area contributed by atoms with Gasteiger partial charge in [0.05, 0.1) is 0 Å². The summed E-state index contributed by atoms with van der Waals surface area (Å²) in [5.41, 5.74) is 1.05. The van der Waals surface area contributed by atoms with E-state index >= 15 is 0 Å². The van der Waals surface area contributed by atoms with Crippen LogP contribution >= 0.6 is 0 Å². The second kappa shape index (κ2) is 5.14. The average molecular weight is 192 g/mol. The molecule has 0 aromatic rings. The largest absolute Gasteiger partial charge is 0.295 e. The molecule has 0 heterocycles. The van der Waals surface area contributed by atoms with Crippen LogP contribution in [0.2, 0.25) is 0 Å². The number of allylic oxidation sites excluding steroid dienone is 3. The zero-order valence-corrected chi connectivity index (χ0v) is 9.25. The van der Waals surface area contributed by atoms with Crippen molar-refractivity contribution in [1.82, 2.24) is 0 Å². The molecule has 0 amide bonds. The Bertz CT molecular complexity index is 250. The van der Waals surface area contributed by atoms with E-state index in [2.05, 4.69) is 26.5 Å². The highest BCUT2D eigenvalue weighted by atomic mass is 16.1. The lowest BCUT2D eigenvalue weighted by molar-refractivity contribution is -0.115. The number of carbonyl (C=O) groups is 1. The summed E-state index contributed by atoms with van der Waals surface area (Å²) in [6.45, 7) is 8.09. The number of Topliss-reactive ketones (excluding diaryl/α,β-unsaturated/α-hetero) is 1. The van der Waals surface area contributed by atoms with Gasteiger partial charge in [-0.05, 0) is 36.7 Å². The zero-order chi connectivity index (χ0) is 10.6. The summed E-state index contributed by atoms with van der Waals surface area (Å²) in [6.07, 6.45) is 7.55. The lowest BCUT2D eigenvalue weighted by Crippen LogP contribution is -2.15. The van der Waals surface area contributed by atoms with Gasteiger partial charge < -0.3 is 0 Å². The van der Waals surface area contributed by atoms with Gasteiger partial charge in [0.1, 0.15) is 0 Å². The Balaban J connectivity index is 2.56. The Hall–Kier alpha value is -0.850. The molecule has 0 N–H and O–H groups in total. The predicted molar refractivity (Wildman–Crippen MR) is 60.1 cm³/mol. The highest BCUT2D eigenvalue weighted by Crippen LogP contribution is 2.28. The van der Waals surface area contributed by atoms with Crippen molar-refractivity contribution in [3.8, 4) is 0 Å². The maximum Gasteiger partial charge on any atom is 0.158 e. The summed E-state index contributed by atoms with van der Waals surface area (Å²) >= 11 is 0. The monoisotopic (exact) mass is 192 g/mol. The average Bonchev–Trinajstić information content (AvgIpc) is 2.18. The smallest absolute Gasteiger partial charge is 0.158 e. The summed E-state index contributed by atoms with van der Waals surface area (Å²) in [5, 5.41) is 0. The molecule has 0 saturated carbocycles. The molecule has 1 nitrogen and oxygen atoms in total. The maximum absolute atomic E-state index is 11.7. The predicted octanol–water partition coefficient (Wildman–Crippen LogP) is 3.51. The van der Waals surface area contributed by atoms with Crippen molar-refractivity contribution in [2.24, 2.45) is 11.8 Å². The second-order valence-corrected chi connectivity index (χ2v) is 4.32. The van der Waals surface area contributed by atoms with Crippen LogP contribution in [0, 0.1) is 11.8 Å². The van der Waals surface area contributed by atoms with Crippen molar-refractivity contribution in [3.05, 3.63) is 24.3 Å². The molecular weight excluding hydrogens is 172 g/mol. The third-order valence-corrected chi connectivity index (χ3v) is 3.16. The molecule has 14 heavy (non-hydrogen) atoms. The molecule has 0 fully saturated rings. The van der Waals surface area contributed by atoms with Gasteiger partial charge in [0.25, 0.3) is 0 Å². The van der Waals surface area contributed by atoms with Crippen molar-refractivity contribution >= 4 is 5.78 Å². The molecule has 2 atom stereocenters. The highest BCUT2D eigenvalue weighted by Gasteiger charge is 2.20. The number of carbonyl (C=O) groups excluding carboxylic acids is 1. The first-order chi connectivity index (χ1) is 6.65. The van der Waals surface area contributed by atoms with Gasteiger partial charge >= 0.3 is 0 Å². The lowest BCUT2D eigenvalue weighted by atomic mass is 9.81. The van der Waals surface area contributed by atoms with Gasteiger partial charge in [-0.2, -0.15) is 0 Å². The van der Waals surface area contributed by atoms with Gasteiger partial charge in [-0.3, -0.25) is 4.79 Å². The molecule has 0 radical (unpaired) electrons. The van der Waals surface area contributed by atoms with Crippen LogP contribution in [0.4, 0.5) is 0 Å². The van der Waals surface area contributed by atoms with Crippen molar-refractivity contribution in [2.45, 2.75) is 39.5 Å². The fourth-order valence-electron chi connectivity index (χ4n) is 1.84. The van der Waals surface area contributed by atoms with E-state index in [0.29, 0.717) is 18.1 Å². The molecule has 1 aliphatic rings. The normalized spacial score (nSPS) is 26.9. The van der Waals surface area contributed by atoms with Crippen LogP contribution in [-0.4, -0.2) is 5.78 Å². The Morgan fingerprint density at radius 1 is 1.64 bits per heavy atom. The summed E-state index contributed by atoms with van der Waals surface area (Å²) in [4.78, 5) is 11.7. The van der Waals surface area contributed by atoms with Crippen LogP contribution in [0.3, 0.4) is 0 Å². The summed E-state index contributed by atoms with van der Waals surface area (Å²) < 4.78 is 0. The molecule has 1 heteroatoms. The van der Waals surface area contributed by atoms with Crippen molar-refractivity contribution < 1.29 is 4.79 Å². The molecule has 0 aromatic heterocycles. The van der Waals surface area contributed by atoms with E-state index in [-0.39, 0.29) is 0 Å². The van der Waals surface area contributed by atoms with E-state index in [1.807, 2.05) is 6.08 Å². The Morgan fingerprint density at radius 2 is 2.36 bits per heavy atom. The zero-order valence-electron chi connectivity index (χ0n) is 9.25. The SMILES string of the molecule is C=CCCC(=O)C1=C[C@H](C)[C@@H](C)CC1. The molecule has 0 spiro atoms. The molecule has 0 bridgehead atoms. The fraction of sp³-hybridized carbons (Fsp3) is 0.615. The van der Waals surface area contributed by atoms with Crippen molar-refractivity contribution in [1.29, 1.82) is 0 Å². The minimum Gasteiger partial charge on any atom is -0.295 e. The number of ketones is 1. The van der Waals surface area contributed by atoms with Crippen LogP contribution in [0.1, 0.15) is 39.5 Å². The standard InChI is InChI=1S/C13H20O/c1-4-5-6-13(14)12-8-7-10(2)11(3)9-12/h4,9-11H,1,5-8H2,2-3H3/t10-,11-/m0/s1. The van der Waals surface area contributed by atoms with E-state index < -0.39 is 0 Å². The van der Waals surface area contributed by atoms with Crippen molar-refractivity contribution in [3.63, 3.8) is 0 Å². The van der Waals surface area contributed by atoms with E-state index in [9.17, 15) is 4.79 Å². The summed E-state index contributed by atoms with van der Waals surface area (Å²) in [5.74, 6) is 1.61. The summed E-state index contributed by atoms with van der Waals surface area (Å²) in [6, 6.07) is 0. The lowest BCUT2D eigenvalue weighted by Gasteiger charge is -2.23. The quantitative estimate of drug-likeness (QED) is 0.623. The van der Waals surface area contributed by atoms with E-state index in [1.54, 1.807) is 0 Å². The summed E-state index contributed by atoms with van der Waals surface area (Å²) in [7, 11) is 0. The van der Waals surface area contributed by atoms with Gasteiger partial charge in [-0.25, -0.2) is 0 Å². The molecule has 1 rings (SSSR count). The molecule has 0 aromatic carbocycles. The van der Waals surface area contributed by atoms with Crippen LogP contribution in [0.5, 0.6) is 0 Å². The Kier molecular flexibility index (Phi) is 4.12. The topological polar surface area (TPSA) is 17.1 Å². The van der Waals surface area contributed by atoms with Gasteiger partial charge in [0, 0.05) is 6.42 Å². The van der Waals surface area contributed by atoms with Crippen LogP contribution in [0.25, 0.3) is 0 Å². The van der Waals surface area contributed by atoms with Crippen LogP contribution in [0.15, 0.2) is 24.3 Å². The Labute approximate surface area is 86.9 Å². The number of rotatable bonds is 4. The van der Waals surface area contributed by atoms with E-state index in [4.69, 9.17) is 0 Å². The minimum absolute atomic E-state index is 0.323. The maximum atomic E-state index is 11.7. The van der Waals surface area contributed by atoms with Crippen LogP contribution in [-0.2, 0) is 4.79 Å². The molecule has 0 aliphatic heterocycles. The fourth-order valence-corrected chi connectivity index (χ4v) is 1.84. The van der Waals surface area contributed by atoms with Gasteiger partial charge in [-0.15, -0.1) is 6.58 Å². The molecule has 0 saturated heterocycles. The molecular formula is C13H20O. The second-order valence-electron chi connectivity index (χ2n) is 4.32. The first-order valence-corrected chi connectivity index (χ1v) is 5.50. The van der Waals surface area contributed by atoms with E-state index in [0.717, 1.165) is 30.8 Å². The molecule has 0 unspecified atom stereocenters. The highest BCUT2D eigenvalue weighted by molar-refractivity contribution is 5.95. The van der Waals surface area contributed by atoms with Gasteiger partial charge in [-0.1, -0.05) is 26.0 Å². The number of hydrogen-bond donors (Lipinski definition) is 0. The van der Waals surface area contributed by atoms with Crippen molar-refractivity contribution in [2.75, 3.05) is 0 Å². The van der Waals surface area contributed by atoms with Gasteiger partial charge in [0.2, 0.25) is 0 Å². The Morgan fingerprint density at radius 3 is 2.93 bits per heavy atom. The third kappa shape index (κ3) is 2.83. The molecule has 78 valence electrons. The number of hydrogen-bond acceptors (Lipinski definition) is 1. The third-order valence-electron chi connectivity index (χ3n) is 3.16. The minimum atomic E-state index is 0.323. The molecule has 1 aliphatic carbocycles.